The highest BCUT2D eigenvalue weighted by molar-refractivity contribution is 8.15. The van der Waals surface area contributed by atoms with E-state index in [-0.39, 0.29) is 5.92 Å². The molecule has 2 N–H and O–H groups in total. The van der Waals surface area contributed by atoms with E-state index in [1.54, 1.807) is 6.08 Å². The van der Waals surface area contributed by atoms with Crippen molar-refractivity contribution in [3.8, 4) is 0 Å². The van der Waals surface area contributed by atoms with Crippen LogP contribution in [0.3, 0.4) is 0 Å². The van der Waals surface area contributed by atoms with Crippen LogP contribution in [0.5, 0.6) is 0 Å². The molecule has 0 aromatic heterocycles. The summed E-state index contributed by atoms with van der Waals surface area (Å²) in [6, 6.07) is 18.6. The SMILES string of the molecule is CCCCCCCSCCCCCC/C=C/[C@H](C(=O)N1C(=O)SC(c2ccccc2)(c2ccccc2)[C@@H]1C(C)C)[C@@](O)(COC)C(=O)O. The largest absolute Gasteiger partial charge is 0.479 e. The summed E-state index contributed by atoms with van der Waals surface area (Å²) in [7, 11) is 1.29. The number of carbonyl (C=O) groups excluding carboxylic acids is 2. The Morgan fingerprint density at radius 3 is 1.98 bits per heavy atom. The second-order valence-corrected chi connectivity index (χ2v) is 15.5. The van der Waals surface area contributed by atoms with E-state index in [2.05, 4.69) is 6.92 Å². The maximum atomic E-state index is 14.6. The lowest BCUT2D eigenvalue weighted by atomic mass is 9.77. The van der Waals surface area contributed by atoms with Gasteiger partial charge in [0, 0.05) is 7.11 Å². The van der Waals surface area contributed by atoms with Crippen LogP contribution in [0.1, 0.15) is 96.1 Å². The number of nitrogens with zero attached hydrogens (tertiary/aromatic N) is 1. The van der Waals surface area contributed by atoms with Crippen molar-refractivity contribution in [1.82, 2.24) is 4.90 Å². The number of methoxy groups -OCH3 is 1. The van der Waals surface area contributed by atoms with Crippen molar-refractivity contribution in [3.63, 3.8) is 0 Å². The Morgan fingerprint density at radius 1 is 0.938 bits per heavy atom. The Kier molecular flexibility index (Phi) is 16.7. The summed E-state index contributed by atoms with van der Waals surface area (Å²) < 4.78 is 4.20. The quantitative estimate of drug-likeness (QED) is 0.0929. The van der Waals surface area contributed by atoms with Gasteiger partial charge >= 0.3 is 5.97 Å². The zero-order valence-corrected chi connectivity index (χ0v) is 30.8. The van der Waals surface area contributed by atoms with Gasteiger partial charge in [-0.3, -0.25) is 14.5 Å². The number of unbranched alkanes of at least 4 members (excludes halogenated alkanes) is 8. The summed E-state index contributed by atoms with van der Waals surface area (Å²) in [6.45, 7) is 5.55. The van der Waals surface area contributed by atoms with Crippen LogP contribution < -0.4 is 0 Å². The molecule has 264 valence electrons. The fraction of sp³-hybridized carbons (Fsp3) is 0.564. The number of aliphatic hydroxyl groups is 1. The van der Waals surface area contributed by atoms with E-state index in [1.807, 2.05) is 86.3 Å². The van der Waals surface area contributed by atoms with Crippen LogP contribution in [-0.4, -0.2) is 69.1 Å². The molecule has 48 heavy (non-hydrogen) atoms. The lowest BCUT2D eigenvalue weighted by Crippen LogP contribution is -2.58. The second-order valence-electron chi connectivity index (χ2n) is 13.0. The van der Waals surface area contributed by atoms with Crippen LogP contribution in [0.2, 0.25) is 0 Å². The fourth-order valence-electron chi connectivity index (χ4n) is 6.60. The molecule has 1 aliphatic heterocycles. The van der Waals surface area contributed by atoms with Gasteiger partial charge in [-0.2, -0.15) is 11.8 Å². The van der Waals surface area contributed by atoms with Crippen LogP contribution in [0.15, 0.2) is 72.8 Å². The van der Waals surface area contributed by atoms with Crippen molar-refractivity contribution in [2.75, 3.05) is 25.2 Å². The van der Waals surface area contributed by atoms with Crippen molar-refractivity contribution in [1.29, 1.82) is 0 Å². The van der Waals surface area contributed by atoms with Gasteiger partial charge in [0.2, 0.25) is 11.5 Å². The Balaban J connectivity index is 1.80. The number of rotatable bonds is 22. The van der Waals surface area contributed by atoms with Gasteiger partial charge < -0.3 is 14.9 Å². The maximum absolute atomic E-state index is 14.6. The molecule has 9 heteroatoms. The minimum Gasteiger partial charge on any atom is -0.479 e. The predicted octanol–water partition coefficient (Wildman–Crippen LogP) is 8.94. The third-order valence-electron chi connectivity index (χ3n) is 9.06. The number of carboxylic acid groups (broad SMARTS) is 1. The van der Waals surface area contributed by atoms with Gasteiger partial charge in [-0.05, 0) is 66.0 Å². The van der Waals surface area contributed by atoms with Crippen molar-refractivity contribution in [3.05, 3.63) is 83.9 Å². The van der Waals surface area contributed by atoms with Crippen molar-refractivity contribution < 1.29 is 29.3 Å². The zero-order valence-electron chi connectivity index (χ0n) is 29.1. The topological polar surface area (TPSA) is 104 Å². The number of allylic oxidation sites excluding steroid dienone is 1. The van der Waals surface area contributed by atoms with Gasteiger partial charge in [0.05, 0.1) is 23.3 Å². The third-order valence-corrected chi connectivity index (χ3v) is 11.6. The van der Waals surface area contributed by atoms with Crippen LogP contribution in [0, 0.1) is 11.8 Å². The summed E-state index contributed by atoms with van der Waals surface area (Å²) in [5.41, 5.74) is -0.828. The predicted molar refractivity (Wildman–Crippen MR) is 198 cm³/mol. The van der Waals surface area contributed by atoms with Crippen LogP contribution in [0.4, 0.5) is 4.79 Å². The number of hydrogen-bond donors (Lipinski definition) is 2. The minimum atomic E-state index is -2.56. The smallest absolute Gasteiger partial charge is 0.339 e. The fourth-order valence-corrected chi connectivity index (χ4v) is 9.20. The molecule has 2 aromatic carbocycles. The summed E-state index contributed by atoms with van der Waals surface area (Å²) in [5.74, 6) is -1.66. The summed E-state index contributed by atoms with van der Waals surface area (Å²) in [6.07, 6.45) is 14.6. The first kappa shape index (κ1) is 39.8. The van der Waals surface area contributed by atoms with E-state index in [9.17, 15) is 24.6 Å². The number of amides is 2. The van der Waals surface area contributed by atoms with Gasteiger partial charge in [-0.1, -0.05) is 132 Å². The number of thioether (sulfide) groups is 2. The average Bonchev–Trinajstić information content (AvgIpc) is 3.41. The zero-order chi connectivity index (χ0) is 35.0. The van der Waals surface area contributed by atoms with Crippen molar-refractivity contribution >= 4 is 40.6 Å². The molecule has 0 saturated carbocycles. The van der Waals surface area contributed by atoms with Gasteiger partial charge in [0.15, 0.2) is 0 Å². The molecule has 3 atom stereocenters. The first-order valence-corrected chi connectivity index (χ1v) is 19.5. The molecule has 7 nitrogen and oxygen atoms in total. The monoisotopic (exact) mass is 697 g/mol. The molecule has 0 aliphatic carbocycles. The maximum Gasteiger partial charge on any atom is 0.339 e. The highest BCUT2D eigenvalue weighted by atomic mass is 32.2. The highest BCUT2D eigenvalue weighted by Gasteiger charge is 2.60. The van der Waals surface area contributed by atoms with E-state index in [0.717, 1.165) is 54.3 Å². The molecule has 0 unspecified atom stereocenters. The number of imide groups is 1. The first-order valence-electron chi connectivity index (χ1n) is 17.5. The summed E-state index contributed by atoms with van der Waals surface area (Å²) >= 11 is 3.10. The Hall–Kier alpha value is -2.59. The molecule has 1 fully saturated rings. The molecule has 2 amide bonds. The van der Waals surface area contributed by atoms with Gasteiger partial charge in [0.1, 0.15) is 0 Å². The Morgan fingerprint density at radius 2 is 1.48 bits per heavy atom. The molecule has 1 aliphatic rings. The summed E-state index contributed by atoms with van der Waals surface area (Å²) in [4.78, 5) is 42.4. The Labute approximate surface area is 296 Å². The standard InChI is InChI=1S/C39H55NO6S2/c1-5-6-7-11-20-27-47-28-21-12-9-8-10-19-26-33(38(45,29-46-4)36(42)43)35(41)40-34(30(2)3)39(48-37(40)44,31-22-15-13-16-23-31)32-24-17-14-18-25-32/h13-19,22-26,30,33-34,45H,5-12,20-21,27-29H2,1-4H3,(H,42,43)/b26-19+/t33-,34+,38+/m1/s1. The second kappa shape index (κ2) is 20.2. The third kappa shape index (κ3) is 9.99. The van der Waals surface area contributed by atoms with E-state index < -0.39 is 46.0 Å². The van der Waals surface area contributed by atoms with E-state index in [0.29, 0.717) is 6.42 Å². The first-order chi connectivity index (χ1) is 23.1. The molecular formula is C39H55NO6S2. The number of benzene rings is 2. The molecule has 0 spiro atoms. The van der Waals surface area contributed by atoms with Crippen LogP contribution in [0.25, 0.3) is 0 Å². The molecule has 3 rings (SSSR count). The molecule has 1 saturated heterocycles. The van der Waals surface area contributed by atoms with E-state index in [4.69, 9.17) is 4.74 Å². The molecule has 1 heterocycles. The number of carboxylic acids is 1. The number of aliphatic carboxylic acids is 1. The number of carbonyl (C=O) groups is 3. The molecule has 0 radical (unpaired) electrons. The van der Waals surface area contributed by atoms with Gasteiger partial charge in [-0.25, -0.2) is 4.79 Å². The van der Waals surface area contributed by atoms with Crippen molar-refractivity contribution in [2.24, 2.45) is 11.8 Å². The lowest BCUT2D eigenvalue weighted by Gasteiger charge is -2.41. The summed E-state index contributed by atoms with van der Waals surface area (Å²) in [5, 5.41) is 21.3. The Bertz CT molecular complexity index is 1260. The van der Waals surface area contributed by atoms with E-state index in [1.165, 1.54) is 55.9 Å². The average molecular weight is 698 g/mol. The van der Waals surface area contributed by atoms with Crippen LogP contribution >= 0.6 is 23.5 Å². The number of ether oxygens (including phenoxy) is 1. The molecule has 2 aromatic rings. The van der Waals surface area contributed by atoms with Gasteiger partial charge in [-0.15, -0.1) is 0 Å². The van der Waals surface area contributed by atoms with Crippen molar-refractivity contribution in [2.45, 2.75) is 101 Å². The molecular weight excluding hydrogens is 643 g/mol. The number of hydrogen-bond acceptors (Lipinski definition) is 7. The van der Waals surface area contributed by atoms with Gasteiger partial charge in [0.25, 0.3) is 5.24 Å². The van der Waals surface area contributed by atoms with Crippen LogP contribution in [-0.2, 0) is 19.1 Å². The highest BCUT2D eigenvalue weighted by Crippen LogP contribution is 2.56. The minimum absolute atomic E-state index is 0.197. The van der Waals surface area contributed by atoms with E-state index >= 15 is 0 Å². The molecule has 0 bridgehead atoms. The lowest BCUT2D eigenvalue weighted by molar-refractivity contribution is -0.175. The normalized spacial score (nSPS) is 18.0.